The van der Waals surface area contributed by atoms with Crippen LogP contribution in [0, 0.1) is 13.8 Å². The SMILES string of the molecule is CCOc1ccc(-c2c(C)sc3nc(C)nc(N)c23)cc1. The molecule has 2 N–H and O–H groups in total. The normalized spacial score (nSPS) is 11.0. The fourth-order valence-corrected chi connectivity index (χ4v) is 3.58. The molecular weight excluding hydrogens is 282 g/mol. The van der Waals surface area contributed by atoms with Crippen LogP contribution in [0.25, 0.3) is 21.3 Å². The predicted octanol–water partition coefficient (Wildman–Crippen LogP) is 3.96. The van der Waals surface area contributed by atoms with Crippen molar-refractivity contribution in [3.05, 3.63) is 35.0 Å². The van der Waals surface area contributed by atoms with Crippen LogP contribution in [0.1, 0.15) is 17.6 Å². The predicted molar refractivity (Wildman–Crippen MR) is 87.9 cm³/mol. The number of thiophene rings is 1. The van der Waals surface area contributed by atoms with Crippen molar-refractivity contribution in [2.24, 2.45) is 0 Å². The van der Waals surface area contributed by atoms with Gasteiger partial charge >= 0.3 is 0 Å². The number of benzene rings is 1. The molecule has 108 valence electrons. The van der Waals surface area contributed by atoms with Gasteiger partial charge in [0, 0.05) is 10.4 Å². The highest BCUT2D eigenvalue weighted by atomic mass is 32.1. The zero-order chi connectivity index (χ0) is 15.0. The fourth-order valence-electron chi connectivity index (χ4n) is 2.48. The van der Waals surface area contributed by atoms with E-state index < -0.39 is 0 Å². The molecule has 0 aliphatic carbocycles. The van der Waals surface area contributed by atoms with Gasteiger partial charge in [-0.1, -0.05) is 12.1 Å². The minimum atomic E-state index is 0.547. The Morgan fingerprint density at radius 3 is 2.52 bits per heavy atom. The van der Waals surface area contributed by atoms with Crippen molar-refractivity contribution in [3.63, 3.8) is 0 Å². The summed E-state index contributed by atoms with van der Waals surface area (Å²) < 4.78 is 5.49. The average molecular weight is 299 g/mol. The van der Waals surface area contributed by atoms with Crippen molar-refractivity contribution >= 4 is 27.4 Å². The van der Waals surface area contributed by atoms with Gasteiger partial charge in [0.15, 0.2) is 0 Å². The van der Waals surface area contributed by atoms with E-state index in [0.29, 0.717) is 18.2 Å². The summed E-state index contributed by atoms with van der Waals surface area (Å²) in [5.41, 5.74) is 8.35. The number of anilines is 1. The molecule has 0 saturated carbocycles. The van der Waals surface area contributed by atoms with Crippen molar-refractivity contribution in [1.29, 1.82) is 0 Å². The zero-order valence-corrected chi connectivity index (χ0v) is 13.1. The van der Waals surface area contributed by atoms with Gasteiger partial charge in [0.25, 0.3) is 0 Å². The van der Waals surface area contributed by atoms with Crippen LogP contribution in [0.4, 0.5) is 5.82 Å². The third-order valence-electron chi connectivity index (χ3n) is 3.32. The lowest BCUT2D eigenvalue weighted by Gasteiger charge is -2.06. The number of fused-ring (bicyclic) bond motifs is 1. The lowest BCUT2D eigenvalue weighted by Crippen LogP contribution is -1.96. The third-order valence-corrected chi connectivity index (χ3v) is 4.32. The van der Waals surface area contributed by atoms with Gasteiger partial charge in [-0.05, 0) is 38.5 Å². The third kappa shape index (κ3) is 2.45. The number of ether oxygens (including phenoxy) is 1. The Morgan fingerprint density at radius 1 is 1.14 bits per heavy atom. The number of nitrogens with zero attached hydrogens (tertiary/aromatic N) is 2. The lowest BCUT2D eigenvalue weighted by molar-refractivity contribution is 0.340. The highest BCUT2D eigenvalue weighted by molar-refractivity contribution is 7.19. The van der Waals surface area contributed by atoms with E-state index in [1.54, 1.807) is 11.3 Å². The molecule has 3 aromatic rings. The molecule has 0 bridgehead atoms. The zero-order valence-electron chi connectivity index (χ0n) is 12.3. The Hall–Kier alpha value is -2.14. The molecule has 21 heavy (non-hydrogen) atoms. The first kappa shape index (κ1) is 13.8. The van der Waals surface area contributed by atoms with Crippen LogP contribution in [0.3, 0.4) is 0 Å². The summed E-state index contributed by atoms with van der Waals surface area (Å²) in [7, 11) is 0. The molecule has 2 aromatic heterocycles. The molecule has 0 aliphatic rings. The molecule has 0 saturated heterocycles. The number of rotatable bonds is 3. The van der Waals surface area contributed by atoms with Crippen molar-refractivity contribution in [2.75, 3.05) is 12.3 Å². The monoisotopic (exact) mass is 299 g/mol. The molecule has 4 nitrogen and oxygen atoms in total. The van der Waals surface area contributed by atoms with Crippen molar-refractivity contribution in [2.45, 2.75) is 20.8 Å². The van der Waals surface area contributed by atoms with Gasteiger partial charge in [0.2, 0.25) is 0 Å². The Bertz CT molecular complexity index is 793. The van der Waals surface area contributed by atoms with Crippen LogP contribution in [0.15, 0.2) is 24.3 Å². The van der Waals surface area contributed by atoms with Gasteiger partial charge in [-0.2, -0.15) is 0 Å². The van der Waals surface area contributed by atoms with Gasteiger partial charge < -0.3 is 10.5 Å². The number of aromatic nitrogens is 2. The Labute approximate surface area is 127 Å². The first-order valence-corrected chi connectivity index (χ1v) is 7.68. The summed E-state index contributed by atoms with van der Waals surface area (Å²) >= 11 is 1.65. The quantitative estimate of drug-likeness (QED) is 0.795. The first-order valence-electron chi connectivity index (χ1n) is 6.86. The molecule has 0 radical (unpaired) electrons. The van der Waals surface area contributed by atoms with Crippen molar-refractivity contribution < 1.29 is 4.74 Å². The molecule has 0 amide bonds. The number of nitrogen functional groups attached to an aromatic ring is 1. The van der Waals surface area contributed by atoms with E-state index >= 15 is 0 Å². The summed E-state index contributed by atoms with van der Waals surface area (Å²) in [5.74, 6) is 2.13. The second-order valence-corrected chi connectivity index (χ2v) is 6.03. The van der Waals surface area contributed by atoms with Gasteiger partial charge in [0.1, 0.15) is 22.2 Å². The highest BCUT2D eigenvalue weighted by Gasteiger charge is 2.16. The van der Waals surface area contributed by atoms with E-state index in [1.165, 1.54) is 4.88 Å². The number of nitrogens with two attached hydrogens (primary N) is 1. The molecule has 3 rings (SSSR count). The van der Waals surface area contributed by atoms with E-state index in [0.717, 1.165) is 27.1 Å². The smallest absolute Gasteiger partial charge is 0.136 e. The molecule has 2 heterocycles. The highest BCUT2D eigenvalue weighted by Crippen LogP contribution is 2.40. The molecule has 1 aromatic carbocycles. The molecule has 0 atom stereocenters. The van der Waals surface area contributed by atoms with E-state index in [-0.39, 0.29) is 0 Å². The van der Waals surface area contributed by atoms with Crippen LogP contribution >= 0.6 is 11.3 Å². The van der Waals surface area contributed by atoms with Crippen molar-refractivity contribution in [1.82, 2.24) is 9.97 Å². The molecule has 0 fully saturated rings. The maximum Gasteiger partial charge on any atom is 0.136 e. The topological polar surface area (TPSA) is 61.0 Å². The van der Waals surface area contributed by atoms with Crippen LogP contribution in [-0.4, -0.2) is 16.6 Å². The largest absolute Gasteiger partial charge is 0.494 e. The second-order valence-electron chi connectivity index (χ2n) is 4.83. The Morgan fingerprint density at radius 2 is 1.86 bits per heavy atom. The lowest BCUT2D eigenvalue weighted by atomic mass is 10.0. The van der Waals surface area contributed by atoms with E-state index in [2.05, 4.69) is 29.0 Å². The van der Waals surface area contributed by atoms with Gasteiger partial charge in [0.05, 0.1) is 12.0 Å². The minimum Gasteiger partial charge on any atom is -0.494 e. The van der Waals surface area contributed by atoms with E-state index in [1.807, 2.05) is 26.0 Å². The fraction of sp³-hybridized carbons (Fsp3) is 0.250. The average Bonchev–Trinajstić information content (AvgIpc) is 2.76. The number of aryl methyl sites for hydroxylation is 2. The van der Waals surface area contributed by atoms with E-state index in [4.69, 9.17) is 10.5 Å². The summed E-state index contributed by atoms with van der Waals surface area (Å²) in [6.07, 6.45) is 0. The maximum absolute atomic E-state index is 6.12. The second kappa shape index (κ2) is 5.33. The van der Waals surface area contributed by atoms with Crippen LogP contribution in [-0.2, 0) is 0 Å². The standard InChI is InChI=1S/C16H17N3OS/c1-4-20-12-7-5-11(6-8-12)13-9(2)21-16-14(13)15(17)18-10(3)19-16/h5-8H,4H2,1-3H3,(H2,17,18,19). The van der Waals surface area contributed by atoms with E-state index in [9.17, 15) is 0 Å². The first-order chi connectivity index (χ1) is 10.1. The summed E-state index contributed by atoms with van der Waals surface area (Å²) in [5, 5.41) is 0.951. The van der Waals surface area contributed by atoms with Crippen LogP contribution in [0.5, 0.6) is 5.75 Å². The van der Waals surface area contributed by atoms with Gasteiger partial charge in [-0.3, -0.25) is 0 Å². The summed E-state index contributed by atoms with van der Waals surface area (Å²) in [4.78, 5) is 10.9. The van der Waals surface area contributed by atoms with Crippen LogP contribution in [0.2, 0.25) is 0 Å². The molecule has 5 heteroatoms. The Kier molecular flexibility index (Phi) is 3.51. The van der Waals surface area contributed by atoms with Crippen molar-refractivity contribution in [3.8, 4) is 16.9 Å². The maximum atomic E-state index is 6.12. The summed E-state index contributed by atoms with van der Waals surface area (Å²) in [6.45, 7) is 6.60. The molecule has 0 unspecified atom stereocenters. The van der Waals surface area contributed by atoms with Gasteiger partial charge in [-0.25, -0.2) is 9.97 Å². The number of hydrogen-bond donors (Lipinski definition) is 1. The number of hydrogen-bond acceptors (Lipinski definition) is 5. The minimum absolute atomic E-state index is 0.547. The molecular formula is C16H17N3OS. The molecule has 0 aliphatic heterocycles. The van der Waals surface area contributed by atoms with Gasteiger partial charge in [-0.15, -0.1) is 11.3 Å². The Balaban J connectivity index is 2.17. The molecule has 0 spiro atoms. The summed E-state index contributed by atoms with van der Waals surface area (Å²) in [6, 6.07) is 8.07. The van der Waals surface area contributed by atoms with Crippen LogP contribution < -0.4 is 10.5 Å².